The Kier molecular flexibility index (Phi) is 9.18. The number of rotatable bonds is 2. The van der Waals surface area contributed by atoms with Gasteiger partial charge in [-0.3, -0.25) is 0 Å². The Bertz CT molecular complexity index is 3290. The molecule has 0 atom stereocenters. The van der Waals surface area contributed by atoms with Gasteiger partial charge >= 0.3 is 0 Å². The Morgan fingerprint density at radius 3 is 1.03 bits per heavy atom. The van der Waals surface area contributed by atoms with Crippen molar-refractivity contribution >= 4 is 101 Å². The van der Waals surface area contributed by atoms with Crippen LogP contribution in [-0.2, 0) is 27.1 Å². The first-order valence-corrected chi connectivity index (χ1v) is 24.4. The van der Waals surface area contributed by atoms with Crippen molar-refractivity contribution in [3.63, 3.8) is 0 Å². The van der Waals surface area contributed by atoms with E-state index in [4.69, 9.17) is 8.83 Å². The van der Waals surface area contributed by atoms with Crippen LogP contribution in [0, 0.1) is 0 Å². The van der Waals surface area contributed by atoms with Crippen LogP contribution in [0.25, 0.3) is 43.9 Å². The van der Waals surface area contributed by atoms with Crippen LogP contribution in [0.5, 0.6) is 0 Å². The molecule has 5 heteroatoms. The van der Waals surface area contributed by atoms with Crippen LogP contribution >= 0.6 is 0 Å². The summed E-state index contributed by atoms with van der Waals surface area (Å²) in [6, 6.07) is 46.3. The van der Waals surface area contributed by atoms with Gasteiger partial charge in [-0.25, -0.2) is 0 Å². The Labute approximate surface area is 398 Å². The molecule has 67 heavy (non-hydrogen) atoms. The van der Waals surface area contributed by atoms with Crippen molar-refractivity contribution in [2.75, 3.05) is 9.80 Å². The molecule has 2 aliphatic heterocycles. The molecule has 2 aromatic heterocycles. The lowest BCUT2D eigenvalue weighted by Gasteiger charge is -2.45. The van der Waals surface area contributed by atoms with Crippen molar-refractivity contribution in [1.29, 1.82) is 0 Å². The minimum absolute atomic E-state index is 0.00654. The maximum atomic E-state index is 7.13. The Morgan fingerprint density at radius 1 is 0.328 bits per heavy atom. The molecule has 0 aliphatic carbocycles. The summed E-state index contributed by atoms with van der Waals surface area (Å²) in [4.78, 5) is 5.10. The average Bonchev–Trinajstić information content (AvgIpc) is 3.82. The zero-order valence-electron chi connectivity index (χ0n) is 42.3. The Balaban J connectivity index is 1.27. The largest absolute Gasteiger partial charge is 0.454 e. The van der Waals surface area contributed by atoms with Gasteiger partial charge in [-0.15, -0.1) is 0 Å². The number of para-hydroxylation sites is 2. The fourth-order valence-corrected chi connectivity index (χ4v) is 10.7. The lowest BCUT2D eigenvalue weighted by molar-refractivity contribution is 0.590. The SMILES string of the molecule is CC(C)(C)c1cc2c3c(c1)N(c1cc(C(C)(C)C)cc4c1oc1ccc(C(C)(C)C)cc14)c1ccccc1B3c1ccccc1N2c1cc(C(C)(C)C)cc2c1oc1ccc(C(C)(C)C)cc12. The number of hydrogen-bond donors (Lipinski definition) is 0. The fraction of sp³-hybridized carbons (Fsp3) is 0.323. The second-order valence-corrected chi connectivity index (χ2v) is 24.8. The molecule has 4 nitrogen and oxygen atoms in total. The van der Waals surface area contributed by atoms with Crippen molar-refractivity contribution in [1.82, 2.24) is 0 Å². The van der Waals surface area contributed by atoms with E-state index in [-0.39, 0.29) is 33.8 Å². The van der Waals surface area contributed by atoms with Gasteiger partial charge in [-0.2, -0.15) is 0 Å². The highest BCUT2D eigenvalue weighted by molar-refractivity contribution is 7.00. The second kappa shape index (κ2) is 14.2. The van der Waals surface area contributed by atoms with E-state index in [9.17, 15) is 0 Å². The third kappa shape index (κ3) is 6.77. The molecule has 0 radical (unpaired) electrons. The van der Waals surface area contributed by atoms with Gasteiger partial charge in [-0.05, 0) is 144 Å². The summed E-state index contributed by atoms with van der Waals surface area (Å²) < 4.78 is 14.3. The van der Waals surface area contributed by atoms with Gasteiger partial charge in [0.25, 0.3) is 6.71 Å². The number of fused-ring (bicyclic) bond motifs is 10. The minimum atomic E-state index is -0.178. The molecule has 2 aliphatic rings. The summed E-state index contributed by atoms with van der Waals surface area (Å²) in [6.07, 6.45) is 0. The first kappa shape index (κ1) is 43.4. The van der Waals surface area contributed by atoms with Gasteiger partial charge < -0.3 is 18.6 Å². The quantitative estimate of drug-likeness (QED) is 0.162. The minimum Gasteiger partial charge on any atom is -0.454 e. The van der Waals surface area contributed by atoms with Crippen LogP contribution in [0.1, 0.15) is 132 Å². The number of benzene rings is 7. The number of anilines is 6. The molecule has 11 rings (SSSR count). The van der Waals surface area contributed by atoms with Crippen LogP contribution in [0.2, 0.25) is 0 Å². The van der Waals surface area contributed by atoms with Crippen LogP contribution < -0.4 is 26.2 Å². The smallest absolute Gasteiger partial charge is 0.252 e. The van der Waals surface area contributed by atoms with Gasteiger partial charge in [0.1, 0.15) is 11.2 Å². The predicted octanol–water partition coefficient (Wildman–Crippen LogP) is 16.1. The molecule has 0 unspecified atom stereocenters. The van der Waals surface area contributed by atoms with Gasteiger partial charge in [0.05, 0.1) is 11.4 Å². The van der Waals surface area contributed by atoms with Crippen molar-refractivity contribution in [2.24, 2.45) is 0 Å². The van der Waals surface area contributed by atoms with Crippen molar-refractivity contribution in [2.45, 2.75) is 131 Å². The third-order valence-corrected chi connectivity index (χ3v) is 14.8. The average molecular weight is 881 g/mol. The van der Waals surface area contributed by atoms with E-state index >= 15 is 0 Å². The van der Waals surface area contributed by atoms with E-state index in [2.05, 4.69) is 235 Å². The van der Waals surface area contributed by atoms with Gasteiger partial charge in [-0.1, -0.05) is 152 Å². The van der Waals surface area contributed by atoms with Crippen LogP contribution in [0.4, 0.5) is 34.1 Å². The number of hydrogen-bond acceptors (Lipinski definition) is 4. The maximum absolute atomic E-state index is 7.13. The fourth-order valence-electron chi connectivity index (χ4n) is 10.7. The number of furan rings is 2. The van der Waals surface area contributed by atoms with Crippen LogP contribution in [0.3, 0.4) is 0 Å². The van der Waals surface area contributed by atoms with Crippen molar-refractivity contribution in [3.8, 4) is 0 Å². The van der Waals surface area contributed by atoms with E-state index < -0.39 is 0 Å². The first-order chi connectivity index (χ1) is 31.4. The highest BCUT2D eigenvalue weighted by Gasteiger charge is 2.45. The molecule has 0 saturated carbocycles. The standard InChI is InChI=1S/C62H65BN2O2/c1-58(2,3)36-24-26-53-41(28-36)43-30-38(60(7,8)9)34-51(56(43)66-53)64-47-22-18-16-20-45(47)63-46-21-17-19-23-48(46)65(50-33-40(62(13,14)15)32-49(64)55(50)63)52-35-39(61(10,11)12)31-44-42-29-37(59(4,5)6)25-27-54(42)67-57(44)52/h16-35H,1-15H3. The van der Waals surface area contributed by atoms with Gasteiger partial charge in [0.15, 0.2) is 11.2 Å². The second-order valence-electron chi connectivity index (χ2n) is 24.8. The zero-order valence-corrected chi connectivity index (χ0v) is 42.3. The van der Waals surface area contributed by atoms with E-state index in [1.54, 1.807) is 0 Å². The summed E-state index contributed by atoms with van der Waals surface area (Å²) in [7, 11) is 0. The molecular formula is C62H65BN2O2. The lowest BCUT2D eigenvalue weighted by Crippen LogP contribution is -2.61. The predicted molar refractivity (Wildman–Crippen MR) is 289 cm³/mol. The summed E-state index contributed by atoms with van der Waals surface area (Å²) in [5.41, 5.74) is 20.2. The summed E-state index contributed by atoms with van der Waals surface area (Å²) >= 11 is 0. The van der Waals surface area contributed by atoms with Crippen LogP contribution in [-0.4, -0.2) is 6.71 Å². The van der Waals surface area contributed by atoms with Gasteiger partial charge in [0, 0.05) is 44.3 Å². The van der Waals surface area contributed by atoms with Crippen molar-refractivity contribution < 1.29 is 8.83 Å². The molecule has 7 aromatic carbocycles. The normalized spacial score (nSPS) is 14.4. The molecule has 4 heterocycles. The molecule has 0 saturated heterocycles. The highest BCUT2D eigenvalue weighted by Crippen LogP contribution is 2.52. The van der Waals surface area contributed by atoms with Crippen molar-refractivity contribution in [3.05, 3.63) is 149 Å². The Morgan fingerprint density at radius 2 is 0.657 bits per heavy atom. The Hall–Kier alpha value is -6.20. The molecule has 9 aromatic rings. The maximum Gasteiger partial charge on any atom is 0.252 e. The lowest BCUT2D eigenvalue weighted by atomic mass is 9.33. The zero-order chi connectivity index (χ0) is 47.5. The third-order valence-electron chi connectivity index (χ3n) is 14.8. The van der Waals surface area contributed by atoms with E-state index in [0.717, 1.165) is 55.3 Å². The molecule has 0 spiro atoms. The molecule has 0 amide bonds. The summed E-state index contributed by atoms with van der Waals surface area (Å²) in [5.74, 6) is 0. The molecule has 0 N–H and O–H groups in total. The van der Waals surface area contributed by atoms with E-state index in [1.807, 2.05) is 0 Å². The molecule has 0 bridgehead atoms. The molecular weight excluding hydrogens is 816 g/mol. The van der Waals surface area contributed by atoms with Crippen LogP contribution in [0.15, 0.2) is 130 Å². The van der Waals surface area contributed by atoms with Gasteiger partial charge in [0.2, 0.25) is 0 Å². The van der Waals surface area contributed by atoms with E-state index in [0.29, 0.717) is 0 Å². The first-order valence-electron chi connectivity index (χ1n) is 24.4. The molecule has 338 valence electrons. The number of nitrogens with zero attached hydrogens (tertiary/aromatic N) is 2. The summed E-state index contributed by atoms with van der Waals surface area (Å²) in [6.45, 7) is 34.7. The molecule has 0 fully saturated rings. The van der Waals surface area contributed by atoms with E-state index in [1.165, 1.54) is 67.0 Å². The highest BCUT2D eigenvalue weighted by atomic mass is 16.3. The summed E-state index contributed by atoms with van der Waals surface area (Å²) in [5, 5.41) is 4.62. The monoisotopic (exact) mass is 881 g/mol. The topological polar surface area (TPSA) is 32.8 Å².